The van der Waals surface area contributed by atoms with Crippen LogP contribution in [0.25, 0.3) is 0 Å². The van der Waals surface area contributed by atoms with Gasteiger partial charge in [0.05, 0.1) is 5.56 Å². The van der Waals surface area contributed by atoms with Gasteiger partial charge in [-0.05, 0) is 76.2 Å². The highest BCUT2D eigenvalue weighted by Crippen LogP contribution is 2.55. The van der Waals surface area contributed by atoms with Crippen molar-refractivity contribution in [2.75, 3.05) is 0 Å². The zero-order valence-electron chi connectivity index (χ0n) is 12.4. The number of hydrogen-bond donors (Lipinski definition) is 1. The van der Waals surface area contributed by atoms with Crippen molar-refractivity contribution in [2.45, 2.75) is 57.9 Å². The molecule has 108 valence electrons. The van der Waals surface area contributed by atoms with Crippen molar-refractivity contribution in [2.24, 2.45) is 17.8 Å². The van der Waals surface area contributed by atoms with Crippen LogP contribution in [-0.2, 0) is 0 Å². The van der Waals surface area contributed by atoms with E-state index < -0.39 is 0 Å². The highest BCUT2D eigenvalue weighted by Gasteiger charge is 2.51. The SMILES string of the molecule is Cc1cc(C(=O)NC23CC4CC(CC(C4)C2)C3)c(C)o1. The lowest BCUT2D eigenvalue weighted by Crippen LogP contribution is -2.59. The van der Waals surface area contributed by atoms with Crippen molar-refractivity contribution in [3.63, 3.8) is 0 Å². The average Bonchev–Trinajstić information content (AvgIpc) is 2.66. The summed E-state index contributed by atoms with van der Waals surface area (Å²) < 4.78 is 5.50. The van der Waals surface area contributed by atoms with Gasteiger partial charge < -0.3 is 9.73 Å². The van der Waals surface area contributed by atoms with Gasteiger partial charge in [-0.15, -0.1) is 0 Å². The standard InChI is InChI=1S/C17H23NO2/c1-10-3-15(11(2)20-10)16(19)18-17-7-12-4-13(8-17)6-14(5-12)9-17/h3,12-14H,4-9H2,1-2H3,(H,18,19). The molecule has 0 saturated heterocycles. The maximum Gasteiger partial charge on any atom is 0.255 e. The van der Waals surface area contributed by atoms with E-state index >= 15 is 0 Å². The fraction of sp³-hybridized carbons (Fsp3) is 0.706. The molecule has 4 fully saturated rings. The Morgan fingerprint density at radius 2 is 1.70 bits per heavy atom. The summed E-state index contributed by atoms with van der Waals surface area (Å²) in [5.41, 5.74) is 0.807. The molecule has 5 rings (SSSR count). The van der Waals surface area contributed by atoms with Crippen LogP contribution in [0.1, 0.15) is 60.4 Å². The lowest BCUT2D eigenvalue weighted by molar-refractivity contribution is -0.0167. The highest BCUT2D eigenvalue weighted by atomic mass is 16.3. The smallest absolute Gasteiger partial charge is 0.255 e. The molecule has 4 aliphatic rings. The molecule has 0 atom stereocenters. The van der Waals surface area contributed by atoms with E-state index in [-0.39, 0.29) is 11.4 Å². The third-order valence-corrected chi connectivity index (χ3v) is 5.70. The van der Waals surface area contributed by atoms with E-state index in [1.54, 1.807) is 0 Å². The van der Waals surface area contributed by atoms with Gasteiger partial charge >= 0.3 is 0 Å². The van der Waals surface area contributed by atoms with Crippen molar-refractivity contribution in [1.82, 2.24) is 5.32 Å². The molecule has 0 radical (unpaired) electrons. The Morgan fingerprint density at radius 1 is 1.15 bits per heavy atom. The molecule has 1 amide bonds. The second kappa shape index (κ2) is 4.12. The highest BCUT2D eigenvalue weighted by molar-refractivity contribution is 5.95. The van der Waals surface area contributed by atoms with Crippen LogP contribution in [0.2, 0.25) is 0 Å². The van der Waals surface area contributed by atoms with Gasteiger partial charge in [0.15, 0.2) is 0 Å². The Morgan fingerprint density at radius 3 is 2.15 bits per heavy atom. The van der Waals surface area contributed by atoms with Gasteiger partial charge in [0.25, 0.3) is 5.91 Å². The Hall–Kier alpha value is -1.25. The monoisotopic (exact) mass is 273 g/mol. The molecule has 4 aliphatic carbocycles. The molecule has 3 heteroatoms. The molecule has 0 unspecified atom stereocenters. The van der Waals surface area contributed by atoms with Crippen molar-refractivity contribution in [1.29, 1.82) is 0 Å². The van der Waals surface area contributed by atoms with Gasteiger partial charge in [0.1, 0.15) is 11.5 Å². The Balaban J connectivity index is 1.57. The number of furan rings is 1. The van der Waals surface area contributed by atoms with Gasteiger partial charge in [-0.3, -0.25) is 4.79 Å². The van der Waals surface area contributed by atoms with E-state index in [0.717, 1.165) is 34.8 Å². The summed E-state index contributed by atoms with van der Waals surface area (Å²) in [6, 6.07) is 1.87. The van der Waals surface area contributed by atoms with Crippen molar-refractivity contribution in [3.8, 4) is 0 Å². The van der Waals surface area contributed by atoms with Crippen molar-refractivity contribution in [3.05, 3.63) is 23.2 Å². The molecular formula is C17H23NO2. The fourth-order valence-electron chi connectivity index (χ4n) is 5.43. The van der Waals surface area contributed by atoms with Crippen molar-refractivity contribution >= 4 is 5.91 Å². The molecular weight excluding hydrogens is 250 g/mol. The number of hydrogen-bond acceptors (Lipinski definition) is 2. The van der Waals surface area contributed by atoms with Gasteiger partial charge in [-0.1, -0.05) is 0 Å². The van der Waals surface area contributed by atoms with Gasteiger partial charge in [-0.2, -0.15) is 0 Å². The Bertz CT molecular complexity index is 522. The Kier molecular flexibility index (Phi) is 2.57. The van der Waals surface area contributed by atoms with E-state index in [9.17, 15) is 4.79 Å². The average molecular weight is 273 g/mol. The van der Waals surface area contributed by atoms with E-state index in [1.165, 1.54) is 38.5 Å². The second-order valence-corrected chi connectivity index (χ2v) is 7.48. The molecule has 1 N–H and O–H groups in total. The van der Waals surface area contributed by atoms with Crippen LogP contribution in [0.3, 0.4) is 0 Å². The summed E-state index contributed by atoms with van der Waals surface area (Å²) >= 11 is 0. The van der Waals surface area contributed by atoms with Crippen LogP contribution in [0, 0.1) is 31.6 Å². The van der Waals surface area contributed by atoms with E-state index in [0.29, 0.717) is 0 Å². The summed E-state index contributed by atoms with van der Waals surface area (Å²) in [5.74, 6) is 4.19. The lowest BCUT2D eigenvalue weighted by atomic mass is 9.53. The maximum absolute atomic E-state index is 12.6. The molecule has 4 bridgehead atoms. The molecule has 1 aromatic rings. The van der Waals surface area contributed by atoms with Crippen molar-refractivity contribution < 1.29 is 9.21 Å². The largest absolute Gasteiger partial charge is 0.466 e. The zero-order valence-corrected chi connectivity index (χ0v) is 12.4. The predicted molar refractivity (Wildman–Crippen MR) is 76.6 cm³/mol. The molecule has 1 aromatic heterocycles. The molecule has 20 heavy (non-hydrogen) atoms. The van der Waals surface area contributed by atoms with E-state index in [4.69, 9.17) is 4.42 Å². The minimum Gasteiger partial charge on any atom is -0.466 e. The minimum atomic E-state index is 0.0706. The predicted octanol–water partition coefficient (Wildman–Crippen LogP) is 3.60. The molecule has 0 aromatic carbocycles. The molecule has 1 heterocycles. The first kappa shape index (κ1) is 12.5. The first-order valence-electron chi connectivity index (χ1n) is 7.92. The zero-order chi connectivity index (χ0) is 13.9. The number of rotatable bonds is 2. The first-order valence-corrected chi connectivity index (χ1v) is 7.92. The summed E-state index contributed by atoms with van der Waals surface area (Å²) in [6.45, 7) is 3.77. The van der Waals surface area contributed by atoms with Gasteiger partial charge in [-0.25, -0.2) is 0 Å². The summed E-state index contributed by atoms with van der Waals surface area (Å²) in [4.78, 5) is 12.6. The second-order valence-electron chi connectivity index (χ2n) is 7.48. The van der Waals surface area contributed by atoms with E-state index in [2.05, 4.69) is 5.32 Å². The number of amides is 1. The van der Waals surface area contributed by atoms with E-state index in [1.807, 2.05) is 19.9 Å². The summed E-state index contributed by atoms with van der Waals surface area (Å²) in [7, 11) is 0. The number of carbonyl (C=O) groups excluding carboxylic acids is 1. The number of nitrogens with one attached hydrogen (secondary N) is 1. The minimum absolute atomic E-state index is 0.0706. The van der Waals surface area contributed by atoms with Crippen LogP contribution >= 0.6 is 0 Å². The lowest BCUT2D eigenvalue weighted by Gasteiger charge is -2.56. The fourth-order valence-corrected chi connectivity index (χ4v) is 5.43. The van der Waals surface area contributed by atoms with Crippen LogP contribution in [0.15, 0.2) is 10.5 Å². The number of aryl methyl sites for hydroxylation is 2. The molecule has 0 spiro atoms. The van der Waals surface area contributed by atoms with Crippen LogP contribution < -0.4 is 5.32 Å². The molecule has 0 aliphatic heterocycles. The van der Waals surface area contributed by atoms with Crippen LogP contribution in [0.5, 0.6) is 0 Å². The third kappa shape index (κ3) is 1.90. The topological polar surface area (TPSA) is 42.2 Å². The quantitative estimate of drug-likeness (QED) is 0.894. The summed E-state index contributed by atoms with van der Waals surface area (Å²) in [6.07, 6.45) is 7.79. The Labute approximate surface area is 120 Å². The number of carbonyl (C=O) groups is 1. The third-order valence-electron chi connectivity index (χ3n) is 5.70. The maximum atomic E-state index is 12.6. The summed E-state index contributed by atoms with van der Waals surface area (Å²) in [5, 5.41) is 3.40. The van der Waals surface area contributed by atoms with Gasteiger partial charge in [0.2, 0.25) is 0 Å². The van der Waals surface area contributed by atoms with Crippen LogP contribution in [-0.4, -0.2) is 11.4 Å². The molecule has 3 nitrogen and oxygen atoms in total. The molecule has 4 saturated carbocycles. The van der Waals surface area contributed by atoms with Crippen LogP contribution in [0.4, 0.5) is 0 Å². The van der Waals surface area contributed by atoms with Gasteiger partial charge in [0, 0.05) is 5.54 Å². The first-order chi connectivity index (χ1) is 9.53. The normalized spacial score (nSPS) is 38.2.